The van der Waals surface area contributed by atoms with E-state index in [9.17, 15) is 0 Å². The third-order valence-corrected chi connectivity index (χ3v) is 4.23. The fourth-order valence-corrected chi connectivity index (χ4v) is 3.01. The normalized spacial score (nSPS) is 19.1. The lowest BCUT2D eigenvalue weighted by atomic mass is 9.94. The molecule has 1 aliphatic heterocycles. The SMILES string of the molecule is C[C@@H](CN1CCC(c2ncon2)CC1)c1ccccc1. The van der Waals surface area contributed by atoms with Crippen LogP contribution in [-0.4, -0.2) is 34.7 Å². The molecule has 0 bridgehead atoms. The van der Waals surface area contributed by atoms with Gasteiger partial charge in [0, 0.05) is 12.5 Å². The Morgan fingerprint density at radius 1 is 1.25 bits per heavy atom. The molecule has 2 aromatic rings. The molecule has 1 aromatic heterocycles. The second-order valence-corrected chi connectivity index (χ2v) is 5.68. The van der Waals surface area contributed by atoms with Gasteiger partial charge in [-0.15, -0.1) is 0 Å². The molecule has 4 heteroatoms. The molecule has 0 aliphatic carbocycles. The summed E-state index contributed by atoms with van der Waals surface area (Å²) in [7, 11) is 0. The van der Waals surface area contributed by atoms with Crippen LogP contribution in [-0.2, 0) is 0 Å². The monoisotopic (exact) mass is 271 g/mol. The molecule has 106 valence electrons. The maximum absolute atomic E-state index is 4.84. The first-order chi connectivity index (χ1) is 9.83. The number of hydrogen-bond donors (Lipinski definition) is 0. The Hall–Kier alpha value is -1.68. The van der Waals surface area contributed by atoms with Crippen molar-refractivity contribution in [1.82, 2.24) is 15.0 Å². The molecule has 0 unspecified atom stereocenters. The minimum absolute atomic E-state index is 0.469. The van der Waals surface area contributed by atoms with Crippen molar-refractivity contribution in [2.75, 3.05) is 19.6 Å². The summed E-state index contributed by atoms with van der Waals surface area (Å²) in [5, 5.41) is 3.97. The van der Waals surface area contributed by atoms with Crippen LogP contribution in [0.25, 0.3) is 0 Å². The van der Waals surface area contributed by atoms with Gasteiger partial charge in [0.2, 0.25) is 6.39 Å². The molecule has 1 aromatic carbocycles. The molecular formula is C16H21N3O. The number of aromatic nitrogens is 2. The van der Waals surface area contributed by atoms with Crippen LogP contribution in [0.2, 0.25) is 0 Å². The zero-order valence-corrected chi connectivity index (χ0v) is 11.9. The molecule has 2 heterocycles. The molecule has 1 saturated heterocycles. The fourth-order valence-electron chi connectivity index (χ4n) is 3.01. The second-order valence-electron chi connectivity index (χ2n) is 5.68. The highest BCUT2D eigenvalue weighted by atomic mass is 16.5. The zero-order valence-electron chi connectivity index (χ0n) is 11.9. The van der Waals surface area contributed by atoms with Crippen LogP contribution >= 0.6 is 0 Å². The number of benzene rings is 1. The van der Waals surface area contributed by atoms with Crippen LogP contribution in [0.3, 0.4) is 0 Å². The topological polar surface area (TPSA) is 42.2 Å². The van der Waals surface area contributed by atoms with E-state index in [4.69, 9.17) is 4.52 Å². The van der Waals surface area contributed by atoms with Gasteiger partial charge in [0.15, 0.2) is 5.82 Å². The van der Waals surface area contributed by atoms with Crippen molar-refractivity contribution in [2.45, 2.75) is 31.6 Å². The lowest BCUT2D eigenvalue weighted by Gasteiger charge is -2.32. The minimum atomic E-state index is 0.469. The van der Waals surface area contributed by atoms with Crippen molar-refractivity contribution in [3.8, 4) is 0 Å². The van der Waals surface area contributed by atoms with E-state index in [2.05, 4.69) is 52.3 Å². The number of piperidine rings is 1. The van der Waals surface area contributed by atoms with Crippen molar-refractivity contribution < 1.29 is 4.52 Å². The quantitative estimate of drug-likeness (QED) is 0.857. The smallest absolute Gasteiger partial charge is 0.213 e. The van der Waals surface area contributed by atoms with Gasteiger partial charge in [-0.05, 0) is 37.4 Å². The molecule has 0 N–H and O–H groups in total. The predicted molar refractivity (Wildman–Crippen MR) is 77.6 cm³/mol. The van der Waals surface area contributed by atoms with E-state index in [-0.39, 0.29) is 0 Å². The summed E-state index contributed by atoms with van der Waals surface area (Å²) < 4.78 is 4.84. The van der Waals surface area contributed by atoms with E-state index in [1.54, 1.807) is 0 Å². The first-order valence-electron chi connectivity index (χ1n) is 7.36. The summed E-state index contributed by atoms with van der Waals surface area (Å²) >= 11 is 0. The maximum Gasteiger partial charge on any atom is 0.213 e. The number of hydrogen-bond acceptors (Lipinski definition) is 4. The Morgan fingerprint density at radius 3 is 2.65 bits per heavy atom. The van der Waals surface area contributed by atoms with Gasteiger partial charge in [-0.2, -0.15) is 4.98 Å². The van der Waals surface area contributed by atoms with E-state index >= 15 is 0 Å². The second kappa shape index (κ2) is 6.18. The van der Waals surface area contributed by atoms with Gasteiger partial charge in [0.05, 0.1) is 0 Å². The highest BCUT2D eigenvalue weighted by Crippen LogP contribution is 2.26. The number of likely N-dealkylation sites (tertiary alicyclic amines) is 1. The van der Waals surface area contributed by atoms with Crippen LogP contribution in [0, 0.1) is 0 Å². The molecule has 20 heavy (non-hydrogen) atoms. The van der Waals surface area contributed by atoms with E-state index < -0.39 is 0 Å². The Bertz CT molecular complexity index is 504. The standard InChI is InChI=1S/C16H21N3O/c1-13(14-5-3-2-4-6-14)11-19-9-7-15(8-10-19)16-17-12-20-18-16/h2-6,12-13,15H,7-11H2,1H3/t13-/m0/s1. The molecular weight excluding hydrogens is 250 g/mol. The van der Waals surface area contributed by atoms with Crippen LogP contribution in [0.15, 0.2) is 41.2 Å². The first kappa shape index (κ1) is 13.3. The van der Waals surface area contributed by atoms with Gasteiger partial charge in [0.25, 0.3) is 0 Å². The molecule has 0 amide bonds. The van der Waals surface area contributed by atoms with Gasteiger partial charge in [0.1, 0.15) is 0 Å². The van der Waals surface area contributed by atoms with Crippen LogP contribution in [0.1, 0.15) is 43.0 Å². The zero-order chi connectivity index (χ0) is 13.8. The number of nitrogens with zero attached hydrogens (tertiary/aromatic N) is 3. The lowest BCUT2D eigenvalue weighted by molar-refractivity contribution is 0.199. The highest BCUT2D eigenvalue weighted by molar-refractivity contribution is 5.19. The third kappa shape index (κ3) is 3.07. The van der Waals surface area contributed by atoms with Gasteiger partial charge in [-0.1, -0.05) is 42.4 Å². The summed E-state index contributed by atoms with van der Waals surface area (Å²) in [4.78, 5) is 6.73. The van der Waals surface area contributed by atoms with Crippen molar-refractivity contribution in [3.05, 3.63) is 48.1 Å². The molecule has 0 radical (unpaired) electrons. The van der Waals surface area contributed by atoms with Crippen molar-refractivity contribution in [2.24, 2.45) is 0 Å². The van der Waals surface area contributed by atoms with E-state index in [1.807, 2.05) is 0 Å². The molecule has 1 atom stereocenters. The Kier molecular flexibility index (Phi) is 4.11. The molecule has 4 nitrogen and oxygen atoms in total. The fraction of sp³-hybridized carbons (Fsp3) is 0.500. The first-order valence-corrected chi connectivity index (χ1v) is 7.36. The van der Waals surface area contributed by atoms with E-state index in [0.717, 1.165) is 38.3 Å². The van der Waals surface area contributed by atoms with Crippen LogP contribution in [0.5, 0.6) is 0 Å². The molecule has 1 fully saturated rings. The van der Waals surface area contributed by atoms with Gasteiger partial charge < -0.3 is 9.42 Å². The Labute approximate surface area is 119 Å². The Morgan fingerprint density at radius 2 is 2.00 bits per heavy atom. The maximum atomic E-state index is 4.84. The van der Waals surface area contributed by atoms with Crippen molar-refractivity contribution in [3.63, 3.8) is 0 Å². The number of rotatable bonds is 4. The van der Waals surface area contributed by atoms with Gasteiger partial charge in [-0.3, -0.25) is 0 Å². The van der Waals surface area contributed by atoms with Crippen molar-refractivity contribution in [1.29, 1.82) is 0 Å². The summed E-state index contributed by atoms with van der Waals surface area (Å²) in [6.07, 6.45) is 3.68. The van der Waals surface area contributed by atoms with Gasteiger partial charge >= 0.3 is 0 Å². The van der Waals surface area contributed by atoms with E-state index in [0.29, 0.717) is 11.8 Å². The minimum Gasteiger partial charge on any atom is -0.343 e. The predicted octanol–water partition coefficient (Wildman–Crippen LogP) is 3.05. The van der Waals surface area contributed by atoms with Crippen LogP contribution in [0.4, 0.5) is 0 Å². The lowest BCUT2D eigenvalue weighted by Crippen LogP contribution is -2.35. The molecule has 0 saturated carbocycles. The largest absolute Gasteiger partial charge is 0.343 e. The van der Waals surface area contributed by atoms with Crippen molar-refractivity contribution >= 4 is 0 Å². The van der Waals surface area contributed by atoms with E-state index in [1.165, 1.54) is 12.0 Å². The summed E-state index contributed by atoms with van der Waals surface area (Å²) in [6, 6.07) is 10.8. The van der Waals surface area contributed by atoms with Gasteiger partial charge in [-0.25, -0.2) is 0 Å². The van der Waals surface area contributed by atoms with Crippen LogP contribution < -0.4 is 0 Å². The molecule has 3 rings (SSSR count). The summed E-state index contributed by atoms with van der Waals surface area (Å²) in [6.45, 7) is 5.68. The average molecular weight is 271 g/mol. The summed E-state index contributed by atoms with van der Waals surface area (Å²) in [5.41, 5.74) is 1.42. The third-order valence-electron chi connectivity index (χ3n) is 4.23. The highest BCUT2D eigenvalue weighted by Gasteiger charge is 2.24. The Balaban J connectivity index is 1.51. The summed E-state index contributed by atoms with van der Waals surface area (Å²) in [5.74, 6) is 1.93. The average Bonchev–Trinajstić information content (AvgIpc) is 3.03. The molecule has 1 aliphatic rings. The molecule has 0 spiro atoms.